The van der Waals surface area contributed by atoms with E-state index in [0.717, 1.165) is 33.6 Å². The molecule has 0 radical (unpaired) electrons. The van der Waals surface area contributed by atoms with Gasteiger partial charge >= 0.3 is 6.18 Å². The van der Waals surface area contributed by atoms with E-state index in [-0.39, 0.29) is 15.1 Å². The van der Waals surface area contributed by atoms with Gasteiger partial charge in [-0.2, -0.15) is 13.2 Å². The Kier molecular flexibility index (Phi) is 4.67. The molecule has 0 amide bonds. The fourth-order valence-electron chi connectivity index (χ4n) is 3.49. The Morgan fingerprint density at radius 1 is 1.03 bits per heavy atom. The lowest BCUT2D eigenvalue weighted by atomic mass is 10.1. The van der Waals surface area contributed by atoms with E-state index in [1.54, 1.807) is 6.92 Å². The molecule has 31 heavy (non-hydrogen) atoms. The van der Waals surface area contributed by atoms with E-state index in [4.69, 9.17) is 0 Å². The average Bonchev–Trinajstić information content (AvgIpc) is 3.33. The summed E-state index contributed by atoms with van der Waals surface area (Å²) in [5, 5.41) is 0.487. The SMILES string of the molecule is Cc1cc(C(F)(F)F)nc2sc3c(=O)[nH]c(-c4ccc(Cc5ccccc5)s4)nc3c12. The van der Waals surface area contributed by atoms with Crippen LogP contribution in [0.5, 0.6) is 0 Å². The van der Waals surface area contributed by atoms with Gasteiger partial charge in [0.1, 0.15) is 15.2 Å². The van der Waals surface area contributed by atoms with Gasteiger partial charge in [-0.1, -0.05) is 30.3 Å². The third kappa shape index (κ3) is 3.64. The normalized spacial score (nSPS) is 12.1. The summed E-state index contributed by atoms with van der Waals surface area (Å²) in [4.78, 5) is 25.9. The molecule has 0 saturated carbocycles. The van der Waals surface area contributed by atoms with Crippen molar-refractivity contribution < 1.29 is 13.2 Å². The van der Waals surface area contributed by atoms with Crippen LogP contribution >= 0.6 is 22.7 Å². The second-order valence-electron chi connectivity index (χ2n) is 7.12. The largest absolute Gasteiger partial charge is 0.433 e. The molecule has 1 N–H and O–H groups in total. The number of pyridine rings is 1. The molecule has 9 heteroatoms. The van der Waals surface area contributed by atoms with Crippen molar-refractivity contribution in [1.82, 2.24) is 15.0 Å². The van der Waals surface area contributed by atoms with Gasteiger partial charge in [0.25, 0.3) is 5.56 Å². The lowest BCUT2D eigenvalue weighted by Crippen LogP contribution is -2.08. The average molecular weight is 458 g/mol. The summed E-state index contributed by atoms with van der Waals surface area (Å²) in [6.07, 6.45) is -3.78. The van der Waals surface area contributed by atoms with Crippen molar-refractivity contribution in [2.75, 3.05) is 0 Å². The van der Waals surface area contributed by atoms with Crippen LogP contribution in [0.1, 0.15) is 21.7 Å². The monoisotopic (exact) mass is 457 g/mol. The number of benzene rings is 1. The van der Waals surface area contributed by atoms with Crippen LogP contribution in [0, 0.1) is 6.92 Å². The van der Waals surface area contributed by atoms with Crippen molar-refractivity contribution in [1.29, 1.82) is 0 Å². The molecule has 5 aromatic rings. The van der Waals surface area contributed by atoms with Gasteiger partial charge < -0.3 is 4.98 Å². The maximum atomic E-state index is 13.1. The number of aromatic nitrogens is 3. The first kappa shape index (κ1) is 19.9. The summed E-state index contributed by atoms with van der Waals surface area (Å²) in [6.45, 7) is 1.58. The zero-order valence-corrected chi connectivity index (χ0v) is 17.7. The summed E-state index contributed by atoms with van der Waals surface area (Å²) in [5.41, 5.74) is 0.608. The Morgan fingerprint density at radius 3 is 2.55 bits per heavy atom. The standard InChI is InChI=1S/C22H14F3N3OS2/c1-11-9-15(22(23,24)25)26-21-16(11)17-18(31-21)20(29)28-19(27-17)14-8-7-13(30-14)10-12-5-3-2-4-6-12/h2-9H,10H2,1H3,(H,27,28,29). The highest BCUT2D eigenvalue weighted by atomic mass is 32.1. The maximum Gasteiger partial charge on any atom is 0.433 e. The van der Waals surface area contributed by atoms with E-state index >= 15 is 0 Å². The number of nitrogens with zero attached hydrogens (tertiary/aromatic N) is 2. The molecule has 156 valence electrons. The number of H-pyrrole nitrogens is 1. The Morgan fingerprint density at radius 2 is 1.81 bits per heavy atom. The minimum absolute atomic E-state index is 0.161. The van der Waals surface area contributed by atoms with Crippen LogP contribution in [0.3, 0.4) is 0 Å². The number of halogens is 3. The molecule has 0 saturated heterocycles. The molecule has 4 nitrogen and oxygen atoms in total. The molecule has 0 bridgehead atoms. The highest BCUT2D eigenvalue weighted by Gasteiger charge is 2.33. The molecular weight excluding hydrogens is 443 g/mol. The molecular formula is C22H14F3N3OS2. The maximum absolute atomic E-state index is 13.1. The molecule has 5 rings (SSSR count). The number of hydrogen-bond donors (Lipinski definition) is 1. The Labute approximate surface area is 182 Å². The fourth-order valence-corrected chi connectivity index (χ4v) is 5.56. The minimum Gasteiger partial charge on any atom is -0.305 e. The third-order valence-electron chi connectivity index (χ3n) is 4.90. The van der Waals surface area contributed by atoms with Crippen molar-refractivity contribution in [2.45, 2.75) is 19.5 Å². The van der Waals surface area contributed by atoms with E-state index in [2.05, 4.69) is 15.0 Å². The summed E-state index contributed by atoms with van der Waals surface area (Å²) >= 11 is 2.45. The van der Waals surface area contributed by atoms with Gasteiger partial charge in [0.2, 0.25) is 0 Å². The quantitative estimate of drug-likeness (QED) is 0.352. The van der Waals surface area contributed by atoms with Gasteiger partial charge in [-0.15, -0.1) is 22.7 Å². The van der Waals surface area contributed by atoms with E-state index in [1.165, 1.54) is 16.9 Å². The third-order valence-corrected chi connectivity index (χ3v) is 7.07. The number of fused-ring (bicyclic) bond motifs is 3. The van der Waals surface area contributed by atoms with Crippen molar-refractivity contribution >= 4 is 43.1 Å². The number of aryl methyl sites for hydroxylation is 1. The van der Waals surface area contributed by atoms with Crippen molar-refractivity contribution in [2.24, 2.45) is 0 Å². The molecule has 4 aromatic heterocycles. The number of aromatic amines is 1. The van der Waals surface area contributed by atoms with Crippen LogP contribution in [0.4, 0.5) is 13.2 Å². The van der Waals surface area contributed by atoms with Gasteiger partial charge in [-0.05, 0) is 36.2 Å². The van der Waals surface area contributed by atoms with Crippen LogP contribution in [0.15, 0.2) is 53.3 Å². The highest BCUT2D eigenvalue weighted by molar-refractivity contribution is 7.25. The number of hydrogen-bond acceptors (Lipinski definition) is 5. The predicted octanol–water partition coefficient (Wildman–Crippen LogP) is 6.18. The summed E-state index contributed by atoms with van der Waals surface area (Å²) in [7, 11) is 0. The number of alkyl halides is 3. The van der Waals surface area contributed by atoms with Crippen molar-refractivity contribution in [3.05, 3.63) is 80.6 Å². The second-order valence-corrected chi connectivity index (χ2v) is 9.29. The van der Waals surface area contributed by atoms with Crippen molar-refractivity contribution in [3.63, 3.8) is 0 Å². The first-order valence-corrected chi connectivity index (χ1v) is 11.0. The molecule has 0 atom stereocenters. The lowest BCUT2D eigenvalue weighted by molar-refractivity contribution is -0.141. The topological polar surface area (TPSA) is 58.6 Å². The Bertz CT molecular complexity index is 1480. The van der Waals surface area contributed by atoms with Gasteiger partial charge in [0.05, 0.1) is 10.4 Å². The number of thiophene rings is 2. The van der Waals surface area contributed by atoms with E-state index < -0.39 is 11.9 Å². The molecule has 0 unspecified atom stereocenters. The molecule has 0 aliphatic carbocycles. The fraction of sp³-hybridized carbons (Fsp3) is 0.136. The van der Waals surface area contributed by atoms with E-state index in [0.29, 0.717) is 22.3 Å². The predicted molar refractivity (Wildman–Crippen MR) is 118 cm³/mol. The van der Waals surface area contributed by atoms with Gasteiger partial charge in [-0.25, -0.2) is 9.97 Å². The van der Waals surface area contributed by atoms with Crippen LogP contribution in [-0.2, 0) is 12.6 Å². The lowest BCUT2D eigenvalue weighted by Gasteiger charge is -2.07. The molecule has 0 spiro atoms. The van der Waals surface area contributed by atoms with Crippen LogP contribution in [0.25, 0.3) is 31.1 Å². The zero-order valence-electron chi connectivity index (χ0n) is 16.1. The Hall–Kier alpha value is -3.04. The minimum atomic E-state index is -4.55. The summed E-state index contributed by atoms with van der Waals surface area (Å²) in [6, 6.07) is 14.9. The van der Waals surface area contributed by atoms with E-state index in [1.807, 2.05) is 42.5 Å². The first-order chi connectivity index (χ1) is 14.8. The molecule has 0 fully saturated rings. The summed E-state index contributed by atoms with van der Waals surface area (Å²) in [5.74, 6) is 0.404. The molecule has 4 heterocycles. The number of nitrogens with one attached hydrogen (secondary N) is 1. The van der Waals surface area contributed by atoms with Crippen LogP contribution < -0.4 is 5.56 Å². The van der Waals surface area contributed by atoms with Crippen LogP contribution in [-0.4, -0.2) is 15.0 Å². The van der Waals surface area contributed by atoms with Gasteiger partial charge in [0, 0.05) is 16.7 Å². The summed E-state index contributed by atoms with van der Waals surface area (Å²) < 4.78 is 39.7. The van der Waals surface area contributed by atoms with Crippen molar-refractivity contribution in [3.8, 4) is 10.7 Å². The number of rotatable bonds is 3. The van der Waals surface area contributed by atoms with Crippen LogP contribution in [0.2, 0.25) is 0 Å². The van der Waals surface area contributed by atoms with E-state index in [9.17, 15) is 18.0 Å². The van der Waals surface area contributed by atoms with Gasteiger partial charge in [-0.3, -0.25) is 4.79 Å². The second kappa shape index (κ2) is 7.28. The molecule has 0 aliphatic heterocycles. The molecule has 0 aliphatic rings. The smallest absolute Gasteiger partial charge is 0.305 e. The highest BCUT2D eigenvalue weighted by Crippen LogP contribution is 2.37. The first-order valence-electron chi connectivity index (χ1n) is 9.34. The Balaban J connectivity index is 1.61. The molecule has 1 aromatic carbocycles. The van der Waals surface area contributed by atoms with Gasteiger partial charge in [0.15, 0.2) is 5.82 Å². The zero-order chi connectivity index (χ0) is 21.8.